The van der Waals surface area contributed by atoms with Gasteiger partial charge in [-0.3, -0.25) is 0 Å². The second-order valence-corrected chi connectivity index (χ2v) is 11.3. The van der Waals surface area contributed by atoms with Gasteiger partial charge in [-0.25, -0.2) is 23.7 Å². The van der Waals surface area contributed by atoms with Crippen LogP contribution in [0.15, 0.2) is 60.8 Å². The van der Waals surface area contributed by atoms with Crippen LogP contribution in [-0.4, -0.2) is 82.1 Å². The molecule has 0 bridgehead atoms. The highest BCUT2D eigenvalue weighted by Gasteiger charge is 2.28. The molecular formula is C30H34FN7O3. The molecule has 1 aromatic carbocycles. The molecule has 2 fully saturated rings. The van der Waals surface area contributed by atoms with E-state index in [4.69, 9.17) is 19.6 Å². The molecule has 5 heterocycles. The van der Waals surface area contributed by atoms with Gasteiger partial charge in [0, 0.05) is 32.7 Å². The predicted molar refractivity (Wildman–Crippen MR) is 154 cm³/mol. The van der Waals surface area contributed by atoms with Crippen molar-refractivity contribution in [2.24, 2.45) is 0 Å². The molecule has 0 aliphatic carbocycles. The number of ether oxygens (including phenoxy) is 2. The number of piperazine rings is 1. The number of aromatic nitrogens is 4. The maximum Gasteiger partial charge on any atom is 0.410 e. The second kappa shape index (κ2) is 11.0. The highest BCUT2D eigenvalue weighted by molar-refractivity contribution is 5.69. The molecule has 11 heteroatoms. The minimum absolute atomic E-state index is 0.155. The van der Waals surface area contributed by atoms with Gasteiger partial charge in [-0.1, -0.05) is 18.2 Å². The third-order valence-corrected chi connectivity index (χ3v) is 7.26. The average Bonchev–Trinajstić information content (AvgIpc) is 3.40. The molecule has 1 atom stereocenters. The first-order valence-corrected chi connectivity index (χ1v) is 13.9. The third kappa shape index (κ3) is 5.81. The highest BCUT2D eigenvalue weighted by Crippen LogP contribution is 2.30. The molecule has 2 saturated heterocycles. The number of morpholine rings is 1. The Bertz CT molecular complexity index is 1540. The summed E-state index contributed by atoms with van der Waals surface area (Å²) in [5.41, 5.74) is 2.55. The quantitative estimate of drug-likeness (QED) is 0.360. The summed E-state index contributed by atoms with van der Waals surface area (Å²) in [5, 5.41) is 4.95. The zero-order valence-electron chi connectivity index (χ0n) is 23.5. The van der Waals surface area contributed by atoms with Crippen molar-refractivity contribution in [3.63, 3.8) is 0 Å². The van der Waals surface area contributed by atoms with Gasteiger partial charge in [0.05, 0.1) is 31.1 Å². The molecule has 2 aliphatic rings. The molecular weight excluding hydrogens is 525 g/mol. The fourth-order valence-corrected chi connectivity index (χ4v) is 5.25. The van der Waals surface area contributed by atoms with Gasteiger partial charge in [0.25, 0.3) is 0 Å². The molecule has 0 radical (unpaired) electrons. The van der Waals surface area contributed by atoms with E-state index in [1.807, 2.05) is 57.2 Å². The Labute approximate surface area is 238 Å². The number of rotatable bonds is 4. The molecule has 10 nitrogen and oxygen atoms in total. The third-order valence-electron chi connectivity index (χ3n) is 7.26. The Morgan fingerprint density at radius 2 is 1.80 bits per heavy atom. The number of hydrogen-bond donors (Lipinski definition) is 0. The van der Waals surface area contributed by atoms with Gasteiger partial charge in [-0.05, 0) is 62.7 Å². The first-order valence-electron chi connectivity index (χ1n) is 13.9. The summed E-state index contributed by atoms with van der Waals surface area (Å²) in [4.78, 5) is 28.0. The molecule has 1 unspecified atom stereocenters. The lowest BCUT2D eigenvalue weighted by atomic mass is 10.0. The first-order chi connectivity index (χ1) is 19.7. The van der Waals surface area contributed by atoms with Crippen molar-refractivity contribution in [1.82, 2.24) is 24.5 Å². The van der Waals surface area contributed by atoms with Gasteiger partial charge in [0.15, 0.2) is 5.65 Å². The van der Waals surface area contributed by atoms with Crippen LogP contribution in [0.5, 0.6) is 0 Å². The van der Waals surface area contributed by atoms with Crippen molar-refractivity contribution in [2.75, 3.05) is 55.7 Å². The van der Waals surface area contributed by atoms with Crippen LogP contribution in [0.4, 0.5) is 20.8 Å². The number of halogens is 1. The maximum atomic E-state index is 14.0. The fraction of sp³-hybridized carbons (Fsp3) is 0.400. The maximum absolute atomic E-state index is 14.0. The molecule has 41 heavy (non-hydrogen) atoms. The van der Waals surface area contributed by atoms with Crippen LogP contribution in [-0.2, 0) is 9.47 Å². The zero-order valence-corrected chi connectivity index (χ0v) is 23.5. The summed E-state index contributed by atoms with van der Waals surface area (Å²) in [6, 6.07) is 16.3. The van der Waals surface area contributed by atoms with E-state index in [9.17, 15) is 9.18 Å². The molecule has 0 N–H and O–H groups in total. The van der Waals surface area contributed by atoms with Crippen LogP contribution in [0.2, 0.25) is 0 Å². The van der Waals surface area contributed by atoms with E-state index < -0.39 is 5.60 Å². The lowest BCUT2D eigenvalue weighted by Crippen LogP contribution is -2.50. The number of imidazole rings is 1. The fourth-order valence-electron chi connectivity index (χ4n) is 5.25. The lowest BCUT2D eigenvalue weighted by molar-refractivity contribution is 0.0240. The predicted octanol–water partition coefficient (Wildman–Crippen LogP) is 4.57. The Kier molecular flexibility index (Phi) is 7.21. The van der Waals surface area contributed by atoms with E-state index in [-0.39, 0.29) is 18.0 Å². The first kappa shape index (κ1) is 26.9. The van der Waals surface area contributed by atoms with Crippen LogP contribution >= 0.6 is 0 Å². The Morgan fingerprint density at radius 3 is 2.59 bits per heavy atom. The molecule has 6 rings (SSSR count). The standard InChI is InChI=1S/C30H34FN7O3/c1-30(2,3)41-29(39)36-14-12-35(13-15-36)27-9-5-8-23(33-27)24-19-32-26-10-11-28(34-38(24)26)37-16-17-40-20-25(37)21-6-4-7-22(31)18-21/h4-11,18-19,25H,12-17,20H2,1-3H3. The summed E-state index contributed by atoms with van der Waals surface area (Å²) in [6.07, 6.45) is 1.49. The highest BCUT2D eigenvalue weighted by atomic mass is 19.1. The van der Waals surface area contributed by atoms with Gasteiger partial charge < -0.3 is 24.2 Å². The van der Waals surface area contributed by atoms with E-state index >= 15 is 0 Å². The average molecular weight is 560 g/mol. The van der Waals surface area contributed by atoms with Crippen LogP contribution in [0.25, 0.3) is 17.0 Å². The molecule has 214 valence electrons. The van der Waals surface area contributed by atoms with Gasteiger partial charge in [0.1, 0.15) is 28.7 Å². The minimum atomic E-state index is -0.520. The van der Waals surface area contributed by atoms with Crippen molar-refractivity contribution < 1.29 is 18.7 Å². The van der Waals surface area contributed by atoms with Crippen LogP contribution in [0.3, 0.4) is 0 Å². The second-order valence-electron chi connectivity index (χ2n) is 11.3. The molecule has 3 aromatic heterocycles. The summed E-state index contributed by atoms with van der Waals surface area (Å²) in [7, 11) is 0. The molecule has 4 aromatic rings. The van der Waals surface area contributed by atoms with Crippen molar-refractivity contribution in [1.29, 1.82) is 0 Å². The van der Waals surface area contributed by atoms with Crippen LogP contribution in [0, 0.1) is 5.82 Å². The normalized spacial score (nSPS) is 18.1. The van der Waals surface area contributed by atoms with E-state index in [1.54, 1.807) is 27.7 Å². The summed E-state index contributed by atoms with van der Waals surface area (Å²) >= 11 is 0. The SMILES string of the molecule is CC(C)(C)OC(=O)N1CCN(c2cccc(-c3cnc4ccc(N5CCOCC5c5cccc(F)c5)nn34)n2)CC1. The minimum Gasteiger partial charge on any atom is -0.444 e. The van der Waals surface area contributed by atoms with Gasteiger partial charge >= 0.3 is 6.09 Å². The molecule has 0 spiro atoms. The number of fused-ring (bicyclic) bond motifs is 1. The van der Waals surface area contributed by atoms with E-state index in [0.717, 1.165) is 28.6 Å². The van der Waals surface area contributed by atoms with Gasteiger partial charge in [-0.15, -0.1) is 5.10 Å². The molecule has 1 amide bonds. The van der Waals surface area contributed by atoms with Crippen molar-refractivity contribution in [2.45, 2.75) is 32.4 Å². The smallest absolute Gasteiger partial charge is 0.410 e. The number of benzene rings is 1. The molecule has 0 saturated carbocycles. The topological polar surface area (TPSA) is 88.3 Å². The number of amides is 1. The van der Waals surface area contributed by atoms with Gasteiger partial charge in [-0.2, -0.15) is 0 Å². The van der Waals surface area contributed by atoms with Crippen LogP contribution < -0.4 is 9.80 Å². The Hall–Kier alpha value is -4.25. The van der Waals surface area contributed by atoms with Gasteiger partial charge in [0.2, 0.25) is 0 Å². The number of anilines is 2. The number of hydrogen-bond acceptors (Lipinski definition) is 8. The molecule has 2 aliphatic heterocycles. The summed E-state index contributed by atoms with van der Waals surface area (Å²) < 4.78 is 27.1. The number of pyridine rings is 1. The number of carbonyl (C=O) groups is 1. The van der Waals surface area contributed by atoms with Crippen molar-refractivity contribution in [3.05, 3.63) is 72.2 Å². The van der Waals surface area contributed by atoms with Crippen molar-refractivity contribution in [3.8, 4) is 11.4 Å². The summed E-state index contributed by atoms with van der Waals surface area (Å²) in [5.74, 6) is 1.31. The Balaban J connectivity index is 1.23. The lowest BCUT2D eigenvalue weighted by Gasteiger charge is -2.36. The zero-order chi connectivity index (χ0) is 28.6. The number of carbonyl (C=O) groups excluding carboxylic acids is 1. The van der Waals surface area contributed by atoms with Crippen LogP contribution in [0.1, 0.15) is 32.4 Å². The number of nitrogens with zero attached hydrogens (tertiary/aromatic N) is 7. The van der Waals surface area contributed by atoms with E-state index in [2.05, 4.69) is 14.8 Å². The van der Waals surface area contributed by atoms with Crippen molar-refractivity contribution >= 4 is 23.4 Å². The summed E-state index contributed by atoms with van der Waals surface area (Å²) in [6.45, 7) is 9.70. The monoisotopic (exact) mass is 559 g/mol. The van der Waals surface area contributed by atoms with E-state index in [0.29, 0.717) is 51.6 Å². The largest absolute Gasteiger partial charge is 0.444 e. The Morgan fingerprint density at radius 1 is 1.00 bits per heavy atom. The van der Waals surface area contributed by atoms with E-state index in [1.165, 1.54) is 6.07 Å².